The Morgan fingerprint density at radius 3 is 2.65 bits per heavy atom. The summed E-state index contributed by atoms with van der Waals surface area (Å²) >= 11 is 0. The molecule has 0 aliphatic heterocycles. The highest BCUT2D eigenvalue weighted by Gasteiger charge is 2.22. The number of furan rings is 1. The number of carbonyl (C=O) groups is 3. The Balaban J connectivity index is 2.53. The van der Waals surface area contributed by atoms with Crippen molar-refractivity contribution in [1.29, 1.82) is 0 Å². The Hall–Kier alpha value is -2.31. The zero-order valence-corrected chi connectivity index (χ0v) is 11.5. The first-order chi connectivity index (χ1) is 9.45. The number of hydrogen-bond acceptors (Lipinski definition) is 4. The minimum absolute atomic E-state index is 0.128. The summed E-state index contributed by atoms with van der Waals surface area (Å²) in [7, 11) is 1.44. The number of aliphatic carboxylic acids is 1. The molecule has 110 valence electrons. The number of rotatable bonds is 7. The SMILES string of the molecule is CCC[C@@H](NC(=O)CN(C)C(=O)c1ccco1)C(=O)O. The average molecular weight is 282 g/mol. The van der Waals surface area contributed by atoms with Crippen LogP contribution in [0.3, 0.4) is 0 Å². The Morgan fingerprint density at radius 1 is 1.45 bits per heavy atom. The molecular weight excluding hydrogens is 264 g/mol. The molecule has 0 fully saturated rings. The highest BCUT2D eigenvalue weighted by atomic mass is 16.4. The van der Waals surface area contributed by atoms with Crippen molar-refractivity contribution in [3.8, 4) is 0 Å². The number of carboxylic acid groups (broad SMARTS) is 1. The zero-order valence-electron chi connectivity index (χ0n) is 11.5. The smallest absolute Gasteiger partial charge is 0.326 e. The van der Waals surface area contributed by atoms with Crippen molar-refractivity contribution < 1.29 is 23.9 Å². The molecule has 0 bridgehead atoms. The number of carboxylic acids is 1. The fourth-order valence-corrected chi connectivity index (χ4v) is 1.66. The van der Waals surface area contributed by atoms with Gasteiger partial charge in [0.05, 0.1) is 12.8 Å². The molecule has 2 amide bonds. The van der Waals surface area contributed by atoms with Crippen LogP contribution in [0.4, 0.5) is 0 Å². The molecule has 7 nitrogen and oxygen atoms in total. The van der Waals surface area contributed by atoms with Crippen LogP contribution in [0.1, 0.15) is 30.3 Å². The molecule has 0 radical (unpaired) electrons. The molecule has 1 aromatic rings. The van der Waals surface area contributed by atoms with E-state index >= 15 is 0 Å². The van der Waals surface area contributed by atoms with Crippen LogP contribution in [-0.2, 0) is 9.59 Å². The molecule has 0 unspecified atom stereocenters. The van der Waals surface area contributed by atoms with Crippen LogP contribution in [0.25, 0.3) is 0 Å². The number of nitrogens with one attached hydrogen (secondary N) is 1. The van der Waals surface area contributed by atoms with Crippen molar-refractivity contribution in [3.05, 3.63) is 24.2 Å². The Bertz CT molecular complexity index is 469. The normalized spacial score (nSPS) is 11.7. The largest absolute Gasteiger partial charge is 0.480 e. The van der Waals surface area contributed by atoms with Crippen LogP contribution in [0.15, 0.2) is 22.8 Å². The van der Waals surface area contributed by atoms with Crippen molar-refractivity contribution >= 4 is 17.8 Å². The van der Waals surface area contributed by atoms with E-state index in [1.165, 1.54) is 24.3 Å². The Morgan fingerprint density at radius 2 is 2.15 bits per heavy atom. The van der Waals surface area contributed by atoms with E-state index in [0.29, 0.717) is 12.8 Å². The average Bonchev–Trinajstić information content (AvgIpc) is 2.90. The van der Waals surface area contributed by atoms with E-state index in [1.54, 1.807) is 6.07 Å². The summed E-state index contributed by atoms with van der Waals surface area (Å²) in [5, 5.41) is 11.3. The van der Waals surface area contributed by atoms with E-state index < -0.39 is 23.8 Å². The number of nitrogens with zero attached hydrogens (tertiary/aromatic N) is 1. The quantitative estimate of drug-likeness (QED) is 0.767. The predicted molar refractivity (Wildman–Crippen MR) is 70.1 cm³/mol. The predicted octanol–water partition coefficient (Wildman–Crippen LogP) is 0.721. The minimum atomic E-state index is -1.08. The zero-order chi connectivity index (χ0) is 15.1. The second-order valence-corrected chi connectivity index (χ2v) is 4.39. The van der Waals surface area contributed by atoms with E-state index in [9.17, 15) is 14.4 Å². The highest BCUT2D eigenvalue weighted by Crippen LogP contribution is 2.04. The van der Waals surface area contributed by atoms with Gasteiger partial charge in [-0.25, -0.2) is 4.79 Å². The standard InChI is InChI=1S/C13H18N2O5/c1-3-5-9(13(18)19)14-11(16)8-15(2)12(17)10-6-4-7-20-10/h4,6-7,9H,3,5,8H2,1-2H3,(H,14,16)(H,18,19)/t9-/m1/s1. The van der Waals surface area contributed by atoms with Crippen molar-refractivity contribution in [3.63, 3.8) is 0 Å². The molecule has 0 aromatic carbocycles. The summed E-state index contributed by atoms with van der Waals surface area (Å²) in [5.74, 6) is -1.91. The first-order valence-electron chi connectivity index (χ1n) is 6.26. The summed E-state index contributed by atoms with van der Waals surface area (Å²) in [5.41, 5.74) is 0. The van der Waals surface area contributed by atoms with Crippen molar-refractivity contribution in [1.82, 2.24) is 10.2 Å². The summed E-state index contributed by atoms with van der Waals surface area (Å²) in [4.78, 5) is 35.6. The fourth-order valence-electron chi connectivity index (χ4n) is 1.66. The maximum atomic E-state index is 11.8. The fraction of sp³-hybridized carbons (Fsp3) is 0.462. The van der Waals surface area contributed by atoms with Crippen LogP contribution in [0.2, 0.25) is 0 Å². The molecule has 0 spiro atoms. The summed E-state index contributed by atoms with van der Waals surface area (Å²) in [6.07, 6.45) is 2.35. The van der Waals surface area contributed by atoms with Gasteiger partial charge in [-0.1, -0.05) is 13.3 Å². The second kappa shape index (κ2) is 7.32. The molecule has 1 atom stereocenters. The molecule has 0 saturated carbocycles. The van der Waals surface area contributed by atoms with E-state index in [-0.39, 0.29) is 12.3 Å². The maximum Gasteiger partial charge on any atom is 0.326 e. The van der Waals surface area contributed by atoms with Crippen molar-refractivity contribution in [2.45, 2.75) is 25.8 Å². The van der Waals surface area contributed by atoms with Gasteiger partial charge < -0.3 is 19.7 Å². The van der Waals surface area contributed by atoms with E-state index in [4.69, 9.17) is 9.52 Å². The summed E-state index contributed by atoms with van der Waals surface area (Å²) in [6, 6.07) is 2.14. The molecule has 2 N–H and O–H groups in total. The van der Waals surface area contributed by atoms with Gasteiger partial charge in [0.1, 0.15) is 6.04 Å². The van der Waals surface area contributed by atoms with Gasteiger partial charge in [-0.3, -0.25) is 9.59 Å². The lowest BCUT2D eigenvalue weighted by molar-refractivity contribution is -0.142. The monoisotopic (exact) mass is 282 g/mol. The van der Waals surface area contributed by atoms with Gasteiger partial charge in [-0.15, -0.1) is 0 Å². The maximum absolute atomic E-state index is 11.8. The third kappa shape index (κ3) is 4.42. The molecule has 1 rings (SSSR count). The molecule has 0 aliphatic rings. The van der Waals surface area contributed by atoms with Crippen molar-refractivity contribution in [2.24, 2.45) is 0 Å². The molecule has 20 heavy (non-hydrogen) atoms. The third-order valence-corrected chi connectivity index (χ3v) is 2.67. The molecule has 1 aromatic heterocycles. The van der Waals surface area contributed by atoms with Gasteiger partial charge >= 0.3 is 5.97 Å². The Labute approximate surface area is 116 Å². The number of hydrogen-bond donors (Lipinski definition) is 2. The van der Waals surface area contributed by atoms with E-state index in [0.717, 1.165) is 0 Å². The first kappa shape index (κ1) is 15.7. The molecule has 0 aliphatic carbocycles. The topological polar surface area (TPSA) is 99.9 Å². The van der Waals surface area contributed by atoms with Crippen LogP contribution < -0.4 is 5.32 Å². The van der Waals surface area contributed by atoms with Crippen LogP contribution >= 0.6 is 0 Å². The lowest BCUT2D eigenvalue weighted by atomic mass is 10.1. The van der Waals surface area contributed by atoms with Gasteiger partial charge in [0, 0.05) is 7.05 Å². The van der Waals surface area contributed by atoms with Gasteiger partial charge in [0.2, 0.25) is 5.91 Å². The van der Waals surface area contributed by atoms with Gasteiger partial charge in [-0.2, -0.15) is 0 Å². The summed E-state index contributed by atoms with van der Waals surface area (Å²) in [6.45, 7) is 1.60. The lowest BCUT2D eigenvalue weighted by Crippen LogP contribution is -2.45. The third-order valence-electron chi connectivity index (χ3n) is 2.67. The number of carbonyl (C=O) groups excluding carboxylic acids is 2. The minimum Gasteiger partial charge on any atom is -0.480 e. The van der Waals surface area contributed by atoms with Crippen LogP contribution in [0, 0.1) is 0 Å². The number of likely N-dealkylation sites (N-methyl/N-ethyl adjacent to an activating group) is 1. The lowest BCUT2D eigenvalue weighted by Gasteiger charge is -2.18. The van der Waals surface area contributed by atoms with E-state index in [2.05, 4.69) is 5.32 Å². The Kier molecular flexibility index (Phi) is 5.76. The van der Waals surface area contributed by atoms with Gasteiger partial charge in [-0.05, 0) is 18.6 Å². The van der Waals surface area contributed by atoms with Crippen LogP contribution in [-0.4, -0.2) is 47.4 Å². The number of amides is 2. The van der Waals surface area contributed by atoms with Crippen LogP contribution in [0.5, 0.6) is 0 Å². The van der Waals surface area contributed by atoms with E-state index in [1.807, 2.05) is 6.92 Å². The molecule has 0 saturated heterocycles. The first-order valence-corrected chi connectivity index (χ1v) is 6.26. The highest BCUT2D eigenvalue weighted by molar-refractivity contribution is 5.94. The summed E-state index contributed by atoms with van der Waals surface area (Å²) < 4.78 is 4.94. The van der Waals surface area contributed by atoms with Gasteiger partial charge in [0.25, 0.3) is 5.91 Å². The molecular formula is C13H18N2O5. The molecule has 7 heteroatoms. The van der Waals surface area contributed by atoms with Gasteiger partial charge in [0.15, 0.2) is 5.76 Å². The molecule has 1 heterocycles. The second-order valence-electron chi connectivity index (χ2n) is 4.39. The van der Waals surface area contributed by atoms with Crippen molar-refractivity contribution in [2.75, 3.05) is 13.6 Å².